The van der Waals surface area contributed by atoms with Gasteiger partial charge in [-0.3, -0.25) is 4.18 Å². The first kappa shape index (κ1) is 18.5. The van der Waals surface area contributed by atoms with Gasteiger partial charge in [-0.05, 0) is 24.6 Å². The maximum Gasteiger partial charge on any atom is 0.151 e. The fourth-order valence-corrected chi connectivity index (χ4v) is 0. The van der Waals surface area contributed by atoms with E-state index < -0.39 is 11.1 Å². The molecule has 0 aliphatic carbocycles. The van der Waals surface area contributed by atoms with Gasteiger partial charge in [-0.15, -0.1) is 0 Å². The summed E-state index contributed by atoms with van der Waals surface area (Å²) in [5.74, 6) is 0. The molecule has 0 aromatic carbocycles. The molecule has 0 aromatic heterocycles. The van der Waals surface area contributed by atoms with Crippen molar-refractivity contribution in [3.63, 3.8) is 0 Å². The Labute approximate surface area is 86.8 Å². The third-order valence-electron chi connectivity index (χ3n) is 0.401. The summed E-state index contributed by atoms with van der Waals surface area (Å²) < 4.78 is 18.4. The number of hydrogen-bond donors (Lipinski definition) is 0. The lowest BCUT2D eigenvalue weighted by atomic mass is 11.8. The van der Waals surface area contributed by atoms with E-state index in [0.717, 1.165) is 0 Å². The van der Waals surface area contributed by atoms with Crippen LogP contribution in [0, 0.1) is 0 Å². The van der Waals surface area contributed by atoms with Crippen LogP contribution in [0.15, 0.2) is 0 Å². The Balaban J connectivity index is -0.000000105. The smallest absolute Gasteiger partial charge is 0.151 e. The molecule has 0 radical (unpaired) electrons. The molecule has 1 atom stereocenters. The van der Waals surface area contributed by atoms with Gasteiger partial charge in [-0.1, -0.05) is 0 Å². The van der Waals surface area contributed by atoms with Gasteiger partial charge < -0.3 is 4.18 Å². The highest BCUT2D eigenvalue weighted by Gasteiger charge is 1.72. The molecule has 6 heteroatoms. The molecule has 1 unspecified atom stereocenters. The zero-order chi connectivity index (χ0) is 10.4. The van der Waals surface area contributed by atoms with Crippen LogP contribution < -0.4 is 0 Å². The minimum Gasteiger partial charge on any atom is -0.319 e. The Morgan fingerprint density at radius 2 is 1.33 bits per heavy atom. The third-order valence-corrected chi connectivity index (χ3v) is 1.20. The Bertz CT molecular complexity index is 78.4. The van der Waals surface area contributed by atoms with E-state index in [1.54, 1.807) is 18.9 Å². The molecule has 0 bridgehead atoms. The molecule has 78 valence electrons. The molecule has 0 heterocycles. The van der Waals surface area contributed by atoms with Crippen molar-refractivity contribution < 1.29 is 12.6 Å². The number of thioether (sulfide) groups is 1. The zero-order valence-electron chi connectivity index (χ0n) is 8.45. The van der Waals surface area contributed by atoms with E-state index in [-0.39, 0.29) is 0 Å². The molecule has 0 saturated heterocycles. The minimum atomic E-state index is -1.07. The Hall–Kier alpha value is 0.770. The van der Waals surface area contributed by atoms with Crippen LogP contribution in [-0.2, 0) is 19.4 Å². The van der Waals surface area contributed by atoms with E-state index in [1.807, 2.05) is 18.8 Å². The van der Waals surface area contributed by atoms with Gasteiger partial charge in [0.2, 0.25) is 0 Å². The predicted molar refractivity (Wildman–Crippen MR) is 61.0 cm³/mol. The molecule has 0 amide bonds. The average Bonchev–Trinajstić information content (AvgIpc) is 2.06. The molecule has 0 N–H and O–H groups in total. The second kappa shape index (κ2) is 22.6. The summed E-state index contributed by atoms with van der Waals surface area (Å²) in [6, 6.07) is 0. The highest BCUT2D eigenvalue weighted by atomic mass is 32.2. The minimum absolute atomic E-state index is 1.07. The summed E-state index contributed by atoms with van der Waals surface area (Å²) >= 11 is 2.03. The maximum absolute atomic E-state index is 9.70. The van der Waals surface area contributed by atoms with Crippen molar-refractivity contribution in [2.45, 2.75) is 0 Å². The SMILES string of the molecule is COS(C)=O.COSC.CSC. The van der Waals surface area contributed by atoms with Crippen LogP contribution in [0.3, 0.4) is 0 Å². The molecule has 0 aliphatic rings. The summed E-state index contributed by atoms with van der Waals surface area (Å²) in [6.45, 7) is 0. The van der Waals surface area contributed by atoms with Crippen LogP contribution in [-0.4, -0.2) is 43.5 Å². The van der Waals surface area contributed by atoms with E-state index >= 15 is 0 Å². The third kappa shape index (κ3) is 72.3. The fourth-order valence-electron chi connectivity index (χ4n) is 0. The maximum atomic E-state index is 9.70. The van der Waals surface area contributed by atoms with Gasteiger partial charge in [-0.25, -0.2) is 4.21 Å². The first-order valence-electron chi connectivity index (χ1n) is 2.95. The summed E-state index contributed by atoms with van der Waals surface area (Å²) in [5, 5.41) is 0. The van der Waals surface area contributed by atoms with Crippen molar-refractivity contribution in [3.05, 3.63) is 0 Å². The molecular weight excluding hydrogens is 216 g/mol. The van der Waals surface area contributed by atoms with Gasteiger partial charge in [0.1, 0.15) is 0 Å². The summed E-state index contributed by atoms with van der Waals surface area (Å²) in [6.07, 6.45) is 7.43. The van der Waals surface area contributed by atoms with E-state index in [0.29, 0.717) is 0 Å². The quantitative estimate of drug-likeness (QED) is 0.681. The second-order valence-electron chi connectivity index (χ2n) is 1.31. The first-order chi connectivity index (χ1) is 5.60. The van der Waals surface area contributed by atoms with Crippen LogP contribution >= 0.6 is 23.8 Å². The number of rotatable bonds is 2. The van der Waals surface area contributed by atoms with Crippen molar-refractivity contribution >= 4 is 34.9 Å². The van der Waals surface area contributed by atoms with Crippen LogP contribution in [0.1, 0.15) is 0 Å². The monoisotopic (exact) mass is 234 g/mol. The summed E-state index contributed by atoms with van der Waals surface area (Å²) in [7, 11) is 3.04. The standard InChI is InChI=1S/C2H6O2S.C2H6OS.C2H6S/c1-4-5(2)3;1-3-4-2;1-3-2/h1-2H3;1-2H3;1-2H3. The molecule has 0 saturated carbocycles. The Morgan fingerprint density at radius 1 is 1.17 bits per heavy atom. The highest BCUT2D eigenvalue weighted by molar-refractivity contribution is 7.97. The van der Waals surface area contributed by atoms with E-state index in [9.17, 15) is 4.21 Å². The van der Waals surface area contributed by atoms with Gasteiger partial charge in [0.25, 0.3) is 0 Å². The fraction of sp³-hybridized carbons (Fsp3) is 1.00. The number of hydrogen-bond acceptors (Lipinski definition) is 5. The lowest BCUT2D eigenvalue weighted by Gasteiger charge is -1.78. The van der Waals surface area contributed by atoms with E-state index in [2.05, 4.69) is 8.37 Å². The average molecular weight is 234 g/mol. The van der Waals surface area contributed by atoms with Crippen LogP contribution in [0.2, 0.25) is 0 Å². The predicted octanol–water partition coefficient (Wildman–Crippen LogP) is 1.82. The largest absolute Gasteiger partial charge is 0.319 e. The molecule has 0 rings (SSSR count). The molecule has 12 heavy (non-hydrogen) atoms. The lowest BCUT2D eigenvalue weighted by molar-refractivity contribution is 0.450. The van der Waals surface area contributed by atoms with Gasteiger partial charge in [-0.2, -0.15) is 11.8 Å². The Kier molecular flexibility index (Phi) is 34.9. The van der Waals surface area contributed by atoms with Crippen molar-refractivity contribution in [1.29, 1.82) is 0 Å². The molecular formula is C6H18O3S3. The molecule has 0 aliphatic heterocycles. The van der Waals surface area contributed by atoms with Crippen LogP contribution in [0.4, 0.5) is 0 Å². The molecule has 0 aromatic rings. The lowest BCUT2D eigenvalue weighted by Crippen LogP contribution is -1.83. The topological polar surface area (TPSA) is 35.5 Å². The van der Waals surface area contributed by atoms with Gasteiger partial charge >= 0.3 is 0 Å². The molecule has 3 nitrogen and oxygen atoms in total. The van der Waals surface area contributed by atoms with Crippen LogP contribution in [0.5, 0.6) is 0 Å². The summed E-state index contributed by atoms with van der Waals surface area (Å²) in [5.41, 5.74) is 0. The molecule has 0 spiro atoms. The summed E-state index contributed by atoms with van der Waals surface area (Å²) in [4.78, 5) is 0. The first-order valence-corrected chi connectivity index (χ1v) is 7.22. The van der Waals surface area contributed by atoms with Crippen molar-refractivity contribution in [2.75, 3.05) is 39.2 Å². The van der Waals surface area contributed by atoms with Crippen molar-refractivity contribution in [1.82, 2.24) is 0 Å². The van der Waals surface area contributed by atoms with E-state index in [4.69, 9.17) is 0 Å². The normalized spacial score (nSPS) is 10.2. The van der Waals surface area contributed by atoms with Gasteiger partial charge in [0, 0.05) is 12.5 Å². The Morgan fingerprint density at radius 3 is 1.33 bits per heavy atom. The highest BCUT2D eigenvalue weighted by Crippen LogP contribution is 1.84. The van der Waals surface area contributed by atoms with Crippen molar-refractivity contribution in [3.8, 4) is 0 Å². The van der Waals surface area contributed by atoms with Gasteiger partial charge in [0.15, 0.2) is 11.1 Å². The van der Waals surface area contributed by atoms with E-state index in [1.165, 1.54) is 25.4 Å². The second-order valence-corrected chi connectivity index (χ2v) is 3.93. The van der Waals surface area contributed by atoms with Gasteiger partial charge in [0.05, 0.1) is 14.2 Å². The van der Waals surface area contributed by atoms with Crippen LogP contribution in [0.25, 0.3) is 0 Å². The molecule has 0 fully saturated rings. The van der Waals surface area contributed by atoms with Crippen molar-refractivity contribution in [2.24, 2.45) is 0 Å². The zero-order valence-corrected chi connectivity index (χ0v) is 10.9.